The molecule has 126 valence electrons. The average molecular weight is 340 g/mol. The lowest BCUT2D eigenvalue weighted by molar-refractivity contribution is -0.140. The summed E-state index contributed by atoms with van der Waals surface area (Å²) in [6.07, 6.45) is 2.03. The number of benzene rings is 1. The van der Waals surface area contributed by atoms with E-state index in [1.165, 1.54) is 12.0 Å². The third kappa shape index (κ3) is 2.89. The van der Waals surface area contributed by atoms with Crippen LogP contribution >= 0.6 is 11.3 Å². The molecule has 1 aromatic heterocycles. The Bertz CT molecular complexity index is 705. The average Bonchev–Trinajstić information content (AvgIpc) is 3.03. The van der Waals surface area contributed by atoms with Gasteiger partial charge in [-0.2, -0.15) is 0 Å². The van der Waals surface area contributed by atoms with Crippen molar-refractivity contribution in [3.63, 3.8) is 0 Å². The van der Waals surface area contributed by atoms with Crippen LogP contribution in [0.2, 0.25) is 0 Å². The molecular weight excluding hydrogens is 316 g/mol. The van der Waals surface area contributed by atoms with Gasteiger partial charge in [0.05, 0.1) is 5.92 Å². The van der Waals surface area contributed by atoms with Crippen molar-refractivity contribution < 1.29 is 4.79 Å². The highest BCUT2D eigenvalue weighted by molar-refractivity contribution is 7.10. The fourth-order valence-corrected chi connectivity index (χ4v) is 4.80. The van der Waals surface area contributed by atoms with Crippen molar-refractivity contribution in [3.8, 4) is 0 Å². The van der Waals surface area contributed by atoms with Crippen LogP contribution in [0.3, 0.4) is 0 Å². The molecule has 2 aliphatic rings. The van der Waals surface area contributed by atoms with Crippen LogP contribution in [0.4, 0.5) is 0 Å². The number of likely N-dealkylation sites (tertiary alicyclic amines) is 1. The van der Waals surface area contributed by atoms with Crippen LogP contribution in [0.15, 0.2) is 41.8 Å². The molecule has 0 spiro atoms. The summed E-state index contributed by atoms with van der Waals surface area (Å²) < 4.78 is 0. The summed E-state index contributed by atoms with van der Waals surface area (Å²) in [4.78, 5) is 19.0. The van der Waals surface area contributed by atoms with Gasteiger partial charge in [0.1, 0.15) is 0 Å². The van der Waals surface area contributed by atoms with Crippen molar-refractivity contribution in [1.82, 2.24) is 9.80 Å². The van der Waals surface area contributed by atoms with Gasteiger partial charge in [0.2, 0.25) is 5.91 Å². The molecule has 1 fully saturated rings. The summed E-state index contributed by atoms with van der Waals surface area (Å²) in [6.45, 7) is 6.08. The Labute approximate surface area is 147 Å². The van der Waals surface area contributed by atoms with E-state index in [0.717, 1.165) is 38.2 Å². The zero-order chi connectivity index (χ0) is 16.5. The molecule has 3 heterocycles. The number of hydrogen-bond donors (Lipinski definition) is 0. The second kappa shape index (κ2) is 6.69. The lowest BCUT2D eigenvalue weighted by Gasteiger charge is -2.47. The van der Waals surface area contributed by atoms with E-state index >= 15 is 0 Å². The second-order valence-electron chi connectivity index (χ2n) is 6.86. The highest BCUT2D eigenvalue weighted by atomic mass is 32.1. The van der Waals surface area contributed by atoms with Crippen LogP contribution in [0.25, 0.3) is 0 Å². The van der Waals surface area contributed by atoms with E-state index in [2.05, 4.69) is 40.3 Å². The van der Waals surface area contributed by atoms with Gasteiger partial charge in [0.25, 0.3) is 0 Å². The van der Waals surface area contributed by atoms with Crippen LogP contribution in [0.1, 0.15) is 35.3 Å². The molecule has 0 unspecified atom stereocenters. The number of fused-ring (bicyclic) bond motifs is 1. The monoisotopic (exact) mass is 340 g/mol. The van der Waals surface area contributed by atoms with Gasteiger partial charge in [-0.15, -0.1) is 11.3 Å². The number of hydrogen-bond acceptors (Lipinski definition) is 3. The van der Waals surface area contributed by atoms with Crippen LogP contribution in [0, 0.1) is 0 Å². The van der Waals surface area contributed by atoms with Crippen LogP contribution in [-0.2, 0) is 17.8 Å². The molecule has 4 heteroatoms. The largest absolute Gasteiger partial charge is 0.339 e. The topological polar surface area (TPSA) is 23.6 Å². The number of nitrogens with zero attached hydrogens (tertiary/aromatic N) is 2. The van der Waals surface area contributed by atoms with Crippen LogP contribution in [-0.4, -0.2) is 41.4 Å². The van der Waals surface area contributed by atoms with E-state index in [-0.39, 0.29) is 5.92 Å². The van der Waals surface area contributed by atoms with E-state index in [1.54, 1.807) is 4.88 Å². The molecule has 0 bridgehead atoms. The molecule has 1 amide bonds. The van der Waals surface area contributed by atoms with E-state index in [9.17, 15) is 4.79 Å². The summed E-state index contributed by atoms with van der Waals surface area (Å²) >= 11 is 1.88. The number of carbonyl (C=O) groups excluding carboxylic acids is 1. The highest BCUT2D eigenvalue weighted by Crippen LogP contribution is 2.30. The predicted molar refractivity (Wildman–Crippen MR) is 98.3 cm³/mol. The molecule has 4 rings (SSSR count). The number of rotatable bonds is 4. The number of thiophene rings is 1. The number of carbonyl (C=O) groups is 1. The van der Waals surface area contributed by atoms with Crippen LogP contribution in [0.5, 0.6) is 0 Å². The summed E-state index contributed by atoms with van der Waals surface area (Å²) in [5, 5.41) is 2.20. The van der Waals surface area contributed by atoms with Crippen molar-refractivity contribution in [3.05, 3.63) is 57.8 Å². The summed E-state index contributed by atoms with van der Waals surface area (Å²) in [6, 6.07) is 13.0. The van der Waals surface area contributed by atoms with Gasteiger partial charge in [0.15, 0.2) is 0 Å². The Balaban J connectivity index is 1.36. The molecule has 2 aromatic rings. The SMILES string of the molecule is CC[C@@H](C(=O)N1CC(N2CCc3sccc3C2)C1)c1ccccc1. The first kappa shape index (κ1) is 15.9. The van der Waals surface area contributed by atoms with Gasteiger partial charge < -0.3 is 4.90 Å². The fraction of sp³-hybridized carbons (Fsp3) is 0.450. The second-order valence-corrected chi connectivity index (χ2v) is 7.86. The standard InChI is InChI=1S/C20H24N2OS/c1-2-18(15-6-4-3-5-7-15)20(23)22-13-17(14-22)21-10-8-19-16(12-21)9-11-24-19/h3-7,9,11,17-18H,2,8,10,12-14H2,1H3/t18-/m1/s1. The van der Waals surface area contributed by atoms with E-state index in [4.69, 9.17) is 0 Å². The van der Waals surface area contributed by atoms with Crippen molar-refractivity contribution in [2.24, 2.45) is 0 Å². The summed E-state index contributed by atoms with van der Waals surface area (Å²) in [5.41, 5.74) is 2.64. The Morgan fingerprint density at radius 2 is 2.04 bits per heavy atom. The first-order valence-electron chi connectivity index (χ1n) is 8.89. The Kier molecular flexibility index (Phi) is 4.42. The first-order valence-corrected chi connectivity index (χ1v) is 9.77. The van der Waals surface area contributed by atoms with Crippen LogP contribution < -0.4 is 0 Å². The minimum Gasteiger partial charge on any atom is -0.339 e. The normalized spacial score (nSPS) is 19.6. The van der Waals surface area contributed by atoms with Gasteiger partial charge in [-0.3, -0.25) is 9.69 Å². The molecule has 2 aliphatic heterocycles. The van der Waals surface area contributed by atoms with Gasteiger partial charge in [-0.05, 0) is 35.4 Å². The first-order chi connectivity index (χ1) is 11.8. The summed E-state index contributed by atoms with van der Waals surface area (Å²) in [7, 11) is 0. The maximum atomic E-state index is 12.9. The third-order valence-corrected chi connectivity index (χ3v) is 6.46. The van der Waals surface area contributed by atoms with Gasteiger partial charge in [-0.25, -0.2) is 0 Å². The van der Waals surface area contributed by atoms with Crippen molar-refractivity contribution in [2.45, 2.75) is 38.3 Å². The van der Waals surface area contributed by atoms with Gasteiger partial charge in [-0.1, -0.05) is 37.3 Å². The van der Waals surface area contributed by atoms with E-state index < -0.39 is 0 Å². The molecular formula is C20H24N2OS. The molecule has 0 saturated carbocycles. The van der Waals surface area contributed by atoms with Crippen molar-refractivity contribution >= 4 is 17.2 Å². The molecule has 0 N–H and O–H groups in total. The molecule has 1 saturated heterocycles. The molecule has 3 nitrogen and oxygen atoms in total. The quantitative estimate of drug-likeness (QED) is 0.850. The highest BCUT2D eigenvalue weighted by Gasteiger charge is 2.38. The number of amides is 1. The maximum Gasteiger partial charge on any atom is 0.230 e. The zero-order valence-corrected chi connectivity index (χ0v) is 15.0. The Hall–Kier alpha value is -1.65. The molecule has 1 aromatic carbocycles. The van der Waals surface area contributed by atoms with Gasteiger partial charge in [0, 0.05) is 37.1 Å². The molecule has 24 heavy (non-hydrogen) atoms. The Morgan fingerprint density at radius 1 is 1.25 bits per heavy atom. The third-order valence-electron chi connectivity index (χ3n) is 5.44. The molecule has 1 atom stereocenters. The predicted octanol–water partition coefficient (Wildman–Crippen LogP) is 3.51. The fourth-order valence-electron chi connectivity index (χ4n) is 3.91. The minimum atomic E-state index is 0.0111. The lowest BCUT2D eigenvalue weighted by atomic mass is 9.92. The zero-order valence-electron chi connectivity index (χ0n) is 14.1. The molecule has 0 aliphatic carbocycles. The minimum absolute atomic E-state index is 0.0111. The molecule has 0 radical (unpaired) electrons. The maximum absolute atomic E-state index is 12.9. The van der Waals surface area contributed by atoms with Crippen molar-refractivity contribution in [2.75, 3.05) is 19.6 Å². The Morgan fingerprint density at radius 3 is 2.79 bits per heavy atom. The smallest absolute Gasteiger partial charge is 0.230 e. The van der Waals surface area contributed by atoms with Gasteiger partial charge >= 0.3 is 0 Å². The lowest BCUT2D eigenvalue weighted by Crippen LogP contribution is -2.62. The van der Waals surface area contributed by atoms with E-state index in [0.29, 0.717) is 11.9 Å². The van der Waals surface area contributed by atoms with E-state index in [1.807, 2.05) is 29.5 Å². The van der Waals surface area contributed by atoms with Crippen molar-refractivity contribution in [1.29, 1.82) is 0 Å². The summed E-state index contributed by atoms with van der Waals surface area (Å²) in [5.74, 6) is 0.310.